The molecular weight excluding hydrogens is 369 g/mol. The van der Waals surface area contributed by atoms with E-state index in [4.69, 9.17) is 14.9 Å². The predicted octanol–water partition coefficient (Wildman–Crippen LogP) is 4.62. The van der Waals surface area contributed by atoms with Crippen molar-refractivity contribution in [2.45, 2.75) is 103 Å². The van der Waals surface area contributed by atoms with E-state index in [9.17, 15) is 9.36 Å². The first-order chi connectivity index (χ1) is 12.9. The molecule has 1 atom stereocenters. The Balaban J connectivity index is 3.40. The number of nitrogens with one attached hydrogen (secondary N) is 1. The fraction of sp³-hybridized carbons (Fsp3) is 0.947. The summed E-state index contributed by atoms with van der Waals surface area (Å²) in [4.78, 5) is 28.2. The molecule has 27 heavy (non-hydrogen) atoms. The van der Waals surface area contributed by atoms with E-state index < -0.39 is 26.4 Å². The van der Waals surface area contributed by atoms with Gasteiger partial charge < -0.3 is 20.2 Å². The van der Waals surface area contributed by atoms with E-state index in [1.54, 1.807) is 0 Å². The van der Waals surface area contributed by atoms with Gasteiger partial charge in [0.15, 0.2) is 0 Å². The Kier molecular flexibility index (Phi) is 17.3. The Morgan fingerprint density at radius 2 is 1.26 bits per heavy atom. The summed E-state index contributed by atoms with van der Waals surface area (Å²) in [6, 6.07) is -1.10. The number of hydrogen-bond acceptors (Lipinski definition) is 4. The molecule has 0 unspecified atom stereocenters. The summed E-state index contributed by atoms with van der Waals surface area (Å²) in [6.45, 7) is 2.20. The first-order valence-electron chi connectivity index (χ1n) is 10.5. The molecule has 0 saturated heterocycles. The molecule has 0 bridgehead atoms. The molecule has 0 rings (SSSR count). The maximum absolute atomic E-state index is 11.0. The summed E-state index contributed by atoms with van der Waals surface area (Å²) < 4.78 is 14.9. The zero-order valence-corrected chi connectivity index (χ0v) is 17.8. The van der Waals surface area contributed by atoms with Crippen LogP contribution in [0.25, 0.3) is 0 Å². The van der Waals surface area contributed by atoms with Crippen LogP contribution in [0, 0.1) is 0 Å². The number of rotatable bonds is 20. The average molecular weight is 410 g/mol. The molecule has 8 heteroatoms. The summed E-state index contributed by atoms with van der Waals surface area (Å²) >= 11 is 0. The van der Waals surface area contributed by atoms with Crippen LogP contribution in [-0.2, 0) is 13.9 Å². The molecule has 0 aliphatic heterocycles. The van der Waals surface area contributed by atoms with Gasteiger partial charge in [0.1, 0.15) is 6.04 Å². The minimum atomic E-state index is -4.64. The SMILES string of the molecule is CCCCCCCCCCCCCCCCN[C@@H](COP(=O)(O)O)C(=O)O. The lowest BCUT2D eigenvalue weighted by molar-refractivity contribution is -0.140. The number of unbranched alkanes of at least 4 members (excludes halogenated alkanes) is 13. The molecular formula is C19H40NO6P. The quantitative estimate of drug-likeness (QED) is 0.171. The van der Waals surface area contributed by atoms with Crippen molar-refractivity contribution in [3.63, 3.8) is 0 Å². The minimum Gasteiger partial charge on any atom is -0.480 e. The third-order valence-electron chi connectivity index (χ3n) is 4.63. The van der Waals surface area contributed by atoms with Gasteiger partial charge in [-0.2, -0.15) is 0 Å². The lowest BCUT2D eigenvalue weighted by Gasteiger charge is -2.14. The second-order valence-electron chi connectivity index (χ2n) is 7.23. The van der Waals surface area contributed by atoms with Gasteiger partial charge in [-0.25, -0.2) is 4.57 Å². The number of phosphoric acid groups is 1. The fourth-order valence-corrected chi connectivity index (χ4v) is 3.33. The summed E-state index contributed by atoms with van der Waals surface area (Å²) in [5.41, 5.74) is 0. The number of carboxylic acid groups (broad SMARTS) is 1. The second kappa shape index (κ2) is 17.6. The first kappa shape index (κ1) is 26.5. The van der Waals surface area contributed by atoms with Crippen molar-refractivity contribution in [2.75, 3.05) is 13.2 Å². The molecule has 7 nitrogen and oxygen atoms in total. The number of hydrogen-bond donors (Lipinski definition) is 4. The molecule has 162 valence electrons. The topological polar surface area (TPSA) is 116 Å². The molecule has 0 amide bonds. The van der Waals surface area contributed by atoms with E-state index in [2.05, 4.69) is 16.8 Å². The Bertz CT molecular complexity index is 402. The highest BCUT2D eigenvalue weighted by Gasteiger charge is 2.22. The Labute approximate surface area is 164 Å². The molecule has 0 radical (unpaired) electrons. The average Bonchev–Trinajstić information content (AvgIpc) is 2.59. The molecule has 0 aromatic heterocycles. The van der Waals surface area contributed by atoms with Gasteiger partial charge >= 0.3 is 13.8 Å². The molecule has 0 spiro atoms. The van der Waals surface area contributed by atoms with Crippen LogP contribution >= 0.6 is 7.82 Å². The van der Waals surface area contributed by atoms with E-state index in [0.717, 1.165) is 19.3 Å². The van der Waals surface area contributed by atoms with Gasteiger partial charge in [0.2, 0.25) is 0 Å². The Morgan fingerprint density at radius 3 is 1.63 bits per heavy atom. The fourth-order valence-electron chi connectivity index (χ4n) is 2.98. The third kappa shape index (κ3) is 20.1. The summed E-state index contributed by atoms with van der Waals surface area (Å²) in [6.07, 6.45) is 17.6. The first-order valence-corrected chi connectivity index (χ1v) is 12.1. The minimum absolute atomic E-state index is 0.500. The van der Waals surface area contributed by atoms with Crippen LogP contribution in [0.15, 0.2) is 0 Å². The molecule has 0 fully saturated rings. The van der Waals surface area contributed by atoms with Gasteiger partial charge in [-0.15, -0.1) is 0 Å². The standard InChI is InChI=1S/C19H40NO6P/c1-2-3-4-5-6-7-8-9-10-11-12-13-14-15-16-20-18(19(21)22)17-26-27(23,24)25/h18,20H,2-17H2,1H3,(H,21,22)(H2,23,24,25)/t18-/m0/s1. The van der Waals surface area contributed by atoms with E-state index in [-0.39, 0.29) is 0 Å². The van der Waals surface area contributed by atoms with Crippen molar-refractivity contribution in [3.05, 3.63) is 0 Å². The van der Waals surface area contributed by atoms with E-state index in [1.807, 2.05) is 0 Å². The van der Waals surface area contributed by atoms with Crippen molar-refractivity contribution in [1.82, 2.24) is 5.32 Å². The maximum Gasteiger partial charge on any atom is 0.469 e. The van der Waals surface area contributed by atoms with Crippen LogP contribution in [0.5, 0.6) is 0 Å². The lowest BCUT2D eigenvalue weighted by atomic mass is 10.0. The van der Waals surface area contributed by atoms with Crippen molar-refractivity contribution in [2.24, 2.45) is 0 Å². The highest BCUT2D eigenvalue weighted by atomic mass is 31.2. The highest BCUT2D eigenvalue weighted by Crippen LogP contribution is 2.35. The van der Waals surface area contributed by atoms with Crippen LogP contribution in [0.2, 0.25) is 0 Å². The maximum atomic E-state index is 11.0. The molecule has 0 saturated carbocycles. The normalized spacial score (nSPS) is 13.0. The van der Waals surface area contributed by atoms with Crippen LogP contribution in [-0.4, -0.2) is 40.1 Å². The number of aliphatic carboxylic acids is 1. The molecule has 0 heterocycles. The smallest absolute Gasteiger partial charge is 0.469 e. The summed E-state index contributed by atoms with van der Waals surface area (Å²) in [5, 5.41) is 11.8. The van der Waals surface area contributed by atoms with Crippen molar-refractivity contribution < 1.29 is 28.8 Å². The van der Waals surface area contributed by atoms with Gasteiger partial charge in [0.05, 0.1) is 6.61 Å². The van der Waals surface area contributed by atoms with Crippen LogP contribution < -0.4 is 5.32 Å². The van der Waals surface area contributed by atoms with Crippen molar-refractivity contribution >= 4 is 13.8 Å². The van der Waals surface area contributed by atoms with Gasteiger partial charge in [0, 0.05) is 0 Å². The van der Waals surface area contributed by atoms with E-state index in [1.165, 1.54) is 70.6 Å². The number of phosphoric ester groups is 1. The van der Waals surface area contributed by atoms with Gasteiger partial charge in [0.25, 0.3) is 0 Å². The van der Waals surface area contributed by atoms with Crippen molar-refractivity contribution in [3.8, 4) is 0 Å². The zero-order chi connectivity index (χ0) is 20.4. The molecule has 0 aromatic rings. The Morgan fingerprint density at radius 1 is 0.852 bits per heavy atom. The lowest BCUT2D eigenvalue weighted by Crippen LogP contribution is -2.40. The van der Waals surface area contributed by atoms with Crippen LogP contribution in [0.1, 0.15) is 96.8 Å². The summed E-state index contributed by atoms with van der Waals surface area (Å²) in [5.74, 6) is -1.17. The van der Waals surface area contributed by atoms with E-state index in [0.29, 0.717) is 6.54 Å². The molecule has 0 aliphatic rings. The van der Waals surface area contributed by atoms with Crippen molar-refractivity contribution in [1.29, 1.82) is 0 Å². The monoisotopic (exact) mass is 409 g/mol. The molecule has 4 N–H and O–H groups in total. The highest BCUT2D eigenvalue weighted by molar-refractivity contribution is 7.46. The van der Waals surface area contributed by atoms with Crippen LogP contribution in [0.4, 0.5) is 0 Å². The second-order valence-corrected chi connectivity index (χ2v) is 8.47. The number of carboxylic acids is 1. The van der Waals surface area contributed by atoms with Gasteiger partial charge in [-0.3, -0.25) is 9.32 Å². The Hall–Kier alpha value is -0.460. The summed E-state index contributed by atoms with van der Waals surface area (Å²) in [7, 11) is -4.64. The predicted molar refractivity (Wildman–Crippen MR) is 108 cm³/mol. The number of carbonyl (C=O) groups is 1. The molecule has 0 aliphatic carbocycles. The van der Waals surface area contributed by atoms with Gasteiger partial charge in [-0.05, 0) is 13.0 Å². The zero-order valence-electron chi connectivity index (χ0n) is 16.9. The third-order valence-corrected chi connectivity index (χ3v) is 5.11. The molecule has 0 aromatic carbocycles. The van der Waals surface area contributed by atoms with Gasteiger partial charge in [-0.1, -0.05) is 90.4 Å². The largest absolute Gasteiger partial charge is 0.480 e. The van der Waals surface area contributed by atoms with Crippen LogP contribution in [0.3, 0.4) is 0 Å². The van der Waals surface area contributed by atoms with E-state index >= 15 is 0 Å².